The van der Waals surface area contributed by atoms with Gasteiger partial charge in [-0.2, -0.15) is 0 Å². The number of methoxy groups -OCH3 is 1. The number of para-hydroxylation sites is 1. The van der Waals surface area contributed by atoms with Crippen LogP contribution in [0.1, 0.15) is 11.1 Å². The van der Waals surface area contributed by atoms with Crippen molar-refractivity contribution in [3.8, 4) is 5.75 Å². The number of piperazine rings is 1. The number of halogens is 1. The minimum Gasteiger partial charge on any atom is -0.496 e. The van der Waals surface area contributed by atoms with Crippen LogP contribution in [-0.4, -0.2) is 57.2 Å². The van der Waals surface area contributed by atoms with E-state index in [1.165, 1.54) is 11.3 Å². The SMILES string of the molecule is COc1ccccc1CCNC(=O)CN1CCN(c2cc(Cl)ccc2C)CC1. The fraction of sp³-hybridized carbons (Fsp3) is 0.409. The van der Waals surface area contributed by atoms with Crippen molar-refractivity contribution < 1.29 is 9.53 Å². The second kappa shape index (κ2) is 9.80. The van der Waals surface area contributed by atoms with Crippen LogP contribution in [0.5, 0.6) is 5.75 Å². The molecule has 1 N–H and O–H groups in total. The lowest BCUT2D eigenvalue weighted by molar-refractivity contribution is -0.122. The lowest BCUT2D eigenvalue weighted by Crippen LogP contribution is -2.49. The number of benzene rings is 2. The van der Waals surface area contributed by atoms with Crippen LogP contribution in [0.15, 0.2) is 42.5 Å². The number of nitrogens with zero attached hydrogens (tertiary/aromatic N) is 2. The van der Waals surface area contributed by atoms with Gasteiger partial charge in [-0.05, 0) is 42.7 Å². The van der Waals surface area contributed by atoms with E-state index in [0.717, 1.165) is 48.9 Å². The second-order valence-corrected chi connectivity index (χ2v) is 7.54. The Kier molecular flexibility index (Phi) is 7.18. The first-order chi connectivity index (χ1) is 13.6. The van der Waals surface area contributed by atoms with Gasteiger partial charge < -0.3 is 15.0 Å². The fourth-order valence-electron chi connectivity index (χ4n) is 3.58. The molecule has 0 aliphatic carbocycles. The van der Waals surface area contributed by atoms with Gasteiger partial charge >= 0.3 is 0 Å². The first kappa shape index (κ1) is 20.5. The van der Waals surface area contributed by atoms with Crippen LogP contribution in [0.25, 0.3) is 0 Å². The number of amides is 1. The Bertz CT molecular complexity index is 804. The van der Waals surface area contributed by atoms with E-state index >= 15 is 0 Å². The second-order valence-electron chi connectivity index (χ2n) is 7.11. The highest BCUT2D eigenvalue weighted by Gasteiger charge is 2.20. The largest absolute Gasteiger partial charge is 0.496 e. The summed E-state index contributed by atoms with van der Waals surface area (Å²) in [5, 5.41) is 3.78. The molecule has 1 aliphatic rings. The highest BCUT2D eigenvalue weighted by Crippen LogP contribution is 2.25. The molecule has 0 unspecified atom stereocenters. The lowest BCUT2D eigenvalue weighted by Gasteiger charge is -2.36. The fourth-order valence-corrected chi connectivity index (χ4v) is 3.74. The van der Waals surface area contributed by atoms with Crippen molar-refractivity contribution in [2.24, 2.45) is 0 Å². The summed E-state index contributed by atoms with van der Waals surface area (Å²) in [6.45, 7) is 6.69. The summed E-state index contributed by atoms with van der Waals surface area (Å²) in [6, 6.07) is 13.9. The molecule has 1 amide bonds. The number of anilines is 1. The molecular formula is C22H28ClN3O2. The van der Waals surface area contributed by atoms with Gasteiger partial charge in [-0.1, -0.05) is 35.9 Å². The molecule has 1 fully saturated rings. The Morgan fingerprint density at radius 1 is 1.14 bits per heavy atom. The Morgan fingerprint density at radius 3 is 2.64 bits per heavy atom. The van der Waals surface area contributed by atoms with Crippen molar-refractivity contribution >= 4 is 23.2 Å². The van der Waals surface area contributed by atoms with Crippen LogP contribution < -0.4 is 15.0 Å². The summed E-state index contributed by atoms with van der Waals surface area (Å²) in [6.07, 6.45) is 0.761. The topological polar surface area (TPSA) is 44.8 Å². The number of hydrogen-bond donors (Lipinski definition) is 1. The zero-order chi connectivity index (χ0) is 19.9. The number of ether oxygens (including phenoxy) is 1. The van der Waals surface area contributed by atoms with Crippen molar-refractivity contribution in [1.29, 1.82) is 0 Å². The summed E-state index contributed by atoms with van der Waals surface area (Å²) >= 11 is 6.15. The molecule has 1 saturated heterocycles. The van der Waals surface area contributed by atoms with Crippen LogP contribution in [-0.2, 0) is 11.2 Å². The van der Waals surface area contributed by atoms with Gasteiger partial charge in [0.15, 0.2) is 0 Å². The summed E-state index contributed by atoms with van der Waals surface area (Å²) < 4.78 is 5.35. The number of aryl methyl sites for hydroxylation is 1. The third-order valence-corrected chi connectivity index (χ3v) is 5.40. The molecule has 0 radical (unpaired) electrons. The van der Waals surface area contributed by atoms with E-state index in [0.29, 0.717) is 13.1 Å². The van der Waals surface area contributed by atoms with Crippen LogP contribution in [0.2, 0.25) is 5.02 Å². The van der Waals surface area contributed by atoms with Gasteiger partial charge in [0, 0.05) is 43.4 Å². The van der Waals surface area contributed by atoms with Crippen LogP contribution in [0.3, 0.4) is 0 Å². The molecule has 150 valence electrons. The van der Waals surface area contributed by atoms with E-state index < -0.39 is 0 Å². The highest BCUT2D eigenvalue weighted by molar-refractivity contribution is 6.30. The standard InChI is InChI=1S/C22H28ClN3O2/c1-17-7-8-19(23)15-20(17)26-13-11-25(12-14-26)16-22(27)24-10-9-18-5-3-4-6-21(18)28-2/h3-8,15H,9-14,16H2,1-2H3,(H,24,27). The van der Waals surface area contributed by atoms with E-state index in [4.69, 9.17) is 16.3 Å². The quantitative estimate of drug-likeness (QED) is 0.774. The summed E-state index contributed by atoms with van der Waals surface area (Å²) in [4.78, 5) is 16.8. The smallest absolute Gasteiger partial charge is 0.234 e. The monoisotopic (exact) mass is 401 g/mol. The maximum atomic E-state index is 12.3. The number of carbonyl (C=O) groups is 1. The maximum absolute atomic E-state index is 12.3. The Labute approximate surface area is 172 Å². The average molecular weight is 402 g/mol. The normalized spacial score (nSPS) is 14.8. The molecule has 3 rings (SSSR count). The molecule has 5 nitrogen and oxygen atoms in total. The zero-order valence-corrected chi connectivity index (χ0v) is 17.3. The van der Waals surface area contributed by atoms with Crippen molar-refractivity contribution in [3.63, 3.8) is 0 Å². The van der Waals surface area contributed by atoms with Gasteiger partial charge in [0.2, 0.25) is 5.91 Å². The van der Waals surface area contributed by atoms with E-state index in [9.17, 15) is 4.79 Å². The average Bonchev–Trinajstić information content (AvgIpc) is 2.71. The van der Waals surface area contributed by atoms with Crippen molar-refractivity contribution in [1.82, 2.24) is 10.2 Å². The first-order valence-corrected chi connectivity index (χ1v) is 10.1. The molecule has 0 saturated carbocycles. The van der Waals surface area contributed by atoms with Gasteiger partial charge in [-0.15, -0.1) is 0 Å². The molecule has 0 atom stereocenters. The Morgan fingerprint density at radius 2 is 1.89 bits per heavy atom. The van der Waals surface area contributed by atoms with Crippen LogP contribution in [0.4, 0.5) is 5.69 Å². The van der Waals surface area contributed by atoms with Gasteiger partial charge in [0.25, 0.3) is 0 Å². The molecule has 2 aromatic carbocycles. The Hall–Kier alpha value is -2.24. The molecular weight excluding hydrogens is 374 g/mol. The number of rotatable bonds is 7. The summed E-state index contributed by atoms with van der Waals surface area (Å²) in [5.74, 6) is 0.937. The molecule has 6 heteroatoms. The van der Waals surface area contributed by atoms with Gasteiger partial charge in [0.05, 0.1) is 13.7 Å². The summed E-state index contributed by atoms with van der Waals surface area (Å²) in [7, 11) is 1.67. The molecule has 2 aromatic rings. The number of carbonyl (C=O) groups excluding carboxylic acids is 1. The zero-order valence-electron chi connectivity index (χ0n) is 16.6. The first-order valence-electron chi connectivity index (χ1n) is 9.69. The van der Waals surface area contributed by atoms with Gasteiger partial charge in [0.1, 0.15) is 5.75 Å². The van der Waals surface area contributed by atoms with Crippen LogP contribution >= 0.6 is 11.6 Å². The highest BCUT2D eigenvalue weighted by atomic mass is 35.5. The molecule has 1 heterocycles. The third-order valence-electron chi connectivity index (χ3n) is 5.16. The molecule has 28 heavy (non-hydrogen) atoms. The molecule has 1 aliphatic heterocycles. The predicted molar refractivity (Wildman–Crippen MR) is 115 cm³/mol. The Balaban J connectivity index is 1.42. The lowest BCUT2D eigenvalue weighted by atomic mass is 10.1. The van der Waals surface area contributed by atoms with E-state index in [2.05, 4.69) is 28.1 Å². The predicted octanol–water partition coefficient (Wildman–Crippen LogP) is 3.14. The third kappa shape index (κ3) is 5.40. The summed E-state index contributed by atoms with van der Waals surface area (Å²) in [5.41, 5.74) is 3.52. The van der Waals surface area contributed by atoms with Crippen molar-refractivity contribution in [2.45, 2.75) is 13.3 Å². The molecule has 0 spiro atoms. The van der Waals surface area contributed by atoms with Crippen molar-refractivity contribution in [2.75, 3.05) is 51.3 Å². The van der Waals surface area contributed by atoms with Crippen molar-refractivity contribution in [3.05, 3.63) is 58.6 Å². The van der Waals surface area contributed by atoms with Gasteiger partial charge in [-0.3, -0.25) is 9.69 Å². The number of nitrogens with one attached hydrogen (secondary N) is 1. The molecule has 0 aromatic heterocycles. The van der Waals surface area contributed by atoms with Gasteiger partial charge in [-0.25, -0.2) is 0 Å². The molecule has 0 bridgehead atoms. The minimum atomic E-state index is 0.0716. The van der Waals surface area contributed by atoms with E-state index in [-0.39, 0.29) is 5.91 Å². The number of hydrogen-bond acceptors (Lipinski definition) is 4. The van der Waals surface area contributed by atoms with E-state index in [1.807, 2.05) is 36.4 Å². The van der Waals surface area contributed by atoms with Crippen LogP contribution in [0, 0.1) is 6.92 Å². The van der Waals surface area contributed by atoms with E-state index in [1.54, 1.807) is 7.11 Å². The minimum absolute atomic E-state index is 0.0716. The maximum Gasteiger partial charge on any atom is 0.234 e.